The lowest BCUT2D eigenvalue weighted by atomic mass is 9.87. The number of likely N-dealkylation sites (N-methyl/N-ethyl adjacent to an activating group) is 1. The number of amides is 2. The normalized spacial score (nSPS) is 15.0. The summed E-state index contributed by atoms with van der Waals surface area (Å²) in [6.07, 6.45) is 2.78. The second-order valence-electron chi connectivity index (χ2n) is 9.28. The van der Waals surface area contributed by atoms with Crippen LogP contribution in [0, 0.1) is 5.92 Å². The first-order chi connectivity index (χ1) is 14.8. The molecule has 2 aromatic rings. The first kappa shape index (κ1) is 23.0. The minimum absolute atomic E-state index is 0.0536. The average Bonchev–Trinajstić information content (AvgIpc) is 3.10. The van der Waals surface area contributed by atoms with E-state index in [0.717, 1.165) is 24.1 Å². The molecule has 0 radical (unpaired) electrons. The SMILES string of the molecule is CC(C)C[C@H](CC(=O)NC[C@H](Cc1ccc2c(c1)CC(=O)N2)N(C)C)c1ccccc1. The van der Waals surface area contributed by atoms with E-state index in [2.05, 4.69) is 53.6 Å². The molecule has 2 aromatic carbocycles. The number of anilines is 1. The van der Waals surface area contributed by atoms with Gasteiger partial charge in [-0.3, -0.25) is 9.59 Å². The van der Waals surface area contributed by atoms with Crippen LogP contribution in [-0.2, 0) is 22.4 Å². The fourth-order valence-electron chi connectivity index (χ4n) is 4.28. The Morgan fingerprint density at radius 1 is 1.13 bits per heavy atom. The van der Waals surface area contributed by atoms with E-state index in [1.54, 1.807) is 0 Å². The summed E-state index contributed by atoms with van der Waals surface area (Å²) in [5.74, 6) is 0.928. The van der Waals surface area contributed by atoms with Gasteiger partial charge in [-0.15, -0.1) is 0 Å². The van der Waals surface area contributed by atoms with Gasteiger partial charge in [0, 0.05) is 24.7 Å². The second-order valence-corrected chi connectivity index (χ2v) is 9.28. The fraction of sp³-hybridized carbons (Fsp3) is 0.462. The predicted molar refractivity (Wildman–Crippen MR) is 126 cm³/mol. The average molecular weight is 422 g/mol. The smallest absolute Gasteiger partial charge is 0.228 e. The van der Waals surface area contributed by atoms with Gasteiger partial charge in [-0.25, -0.2) is 0 Å². The number of carbonyl (C=O) groups is 2. The molecule has 1 heterocycles. The van der Waals surface area contributed by atoms with Crippen molar-refractivity contribution >= 4 is 17.5 Å². The molecule has 0 saturated heterocycles. The Labute approximate surface area is 186 Å². The molecule has 1 aliphatic rings. The molecular formula is C26H35N3O2. The van der Waals surface area contributed by atoms with Gasteiger partial charge in [0.25, 0.3) is 0 Å². The van der Waals surface area contributed by atoms with Gasteiger partial charge in [-0.05, 0) is 61.5 Å². The zero-order valence-corrected chi connectivity index (χ0v) is 19.2. The zero-order valence-electron chi connectivity index (χ0n) is 19.2. The largest absolute Gasteiger partial charge is 0.355 e. The monoisotopic (exact) mass is 421 g/mol. The summed E-state index contributed by atoms with van der Waals surface area (Å²) in [6, 6.07) is 16.7. The van der Waals surface area contributed by atoms with Gasteiger partial charge in [-0.2, -0.15) is 0 Å². The molecule has 2 amide bonds. The van der Waals surface area contributed by atoms with Gasteiger partial charge in [0.15, 0.2) is 0 Å². The van der Waals surface area contributed by atoms with Crippen molar-refractivity contribution in [3.63, 3.8) is 0 Å². The molecule has 0 spiro atoms. The van der Waals surface area contributed by atoms with E-state index < -0.39 is 0 Å². The molecule has 2 N–H and O–H groups in total. The number of fused-ring (bicyclic) bond motifs is 1. The third kappa shape index (κ3) is 6.66. The third-order valence-corrected chi connectivity index (χ3v) is 5.99. The molecule has 0 aliphatic carbocycles. The number of hydrogen-bond acceptors (Lipinski definition) is 3. The summed E-state index contributed by atoms with van der Waals surface area (Å²) in [5.41, 5.74) is 4.39. The Kier molecular flexibility index (Phi) is 7.85. The number of nitrogens with one attached hydrogen (secondary N) is 2. The van der Waals surface area contributed by atoms with Crippen LogP contribution >= 0.6 is 0 Å². The van der Waals surface area contributed by atoms with Crippen LogP contribution in [0.1, 0.15) is 49.3 Å². The molecule has 0 saturated carbocycles. The van der Waals surface area contributed by atoms with Gasteiger partial charge in [-0.1, -0.05) is 56.3 Å². The van der Waals surface area contributed by atoms with Crippen molar-refractivity contribution in [2.45, 2.75) is 51.5 Å². The molecule has 166 valence electrons. The van der Waals surface area contributed by atoms with Crippen molar-refractivity contribution in [3.05, 3.63) is 65.2 Å². The lowest BCUT2D eigenvalue weighted by Crippen LogP contribution is -2.42. The van der Waals surface area contributed by atoms with Gasteiger partial charge in [0.1, 0.15) is 0 Å². The second kappa shape index (κ2) is 10.6. The molecule has 0 unspecified atom stereocenters. The van der Waals surface area contributed by atoms with Crippen LogP contribution in [0.4, 0.5) is 5.69 Å². The molecule has 5 heteroatoms. The van der Waals surface area contributed by atoms with E-state index >= 15 is 0 Å². The Morgan fingerprint density at radius 3 is 2.55 bits per heavy atom. The summed E-state index contributed by atoms with van der Waals surface area (Å²) in [6.45, 7) is 5.01. The molecule has 3 rings (SSSR count). The molecule has 0 aromatic heterocycles. The lowest BCUT2D eigenvalue weighted by molar-refractivity contribution is -0.121. The highest BCUT2D eigenvalue weighted by atomic mass is 16.2. The number of rotatable bonds is 10. The predicted octanol–water partition coefficient (Wildman–Crippen LogP) is 3.99. The van der Waals surface area contributed by atoms with Gasteiger partial charge >= 0.3 is 0 Å². The summed E-state index contributed by atoms with van der Waals surface area (Å²) in [5, 5.41) is 6.05. The standard InChI is InChI=1S/C26H35N3O2/c1-18(2)12-21(20-8-6-5-7-9-20)15-25(30)27-17-23(29(3)4)14-19-10-11-24-22(13-19)16-26(31)28-24/h5-11,13,18,21,23H,12,14-17H2,1-4H3,(H,27,30)(H,28,31)/t21-,23+/m1/s1. The lowest BCUT2D eigenvalue weighted by Gasteiger charge is -2.26. The van der Waals surface area contributed by atoms with Gasteiger partial charge in [0.05, 0.1) is 6.42 Å². The maximum absolute atomic E-state index is 12.8. The van der Waals surface area contributed by atoms with Crippen molar-refractivity contribution in [1.82, 2.24) is 10.2 Å². The maximum Gasteiger partial charge on any atom is 0.228 e. The van der Waals surface area contributed by atoms with Crippen LogP contribution in [-0.4, -0.2) is 43.4 Å². The summed E-state index contributed by atoms with van der Waals surface area (Å²) < 4.78 is 0. The minimum Gasteiger partial charge on any atom is -0.355 e. The molecule has 31 heavy (non-hydrogen) atoms. The highest BCUT2D eigenvalue weighted by Gasteiger charge is 2.21. The summed E-state index contributed by atoms with van der Waals surface area (Å²) in [4.78, 5) is 26.6. The van der Waals surface area contributed by atoms with Crippen molar-refractivity contribution in [1.29, 1.82) is 0 Å². The maximum atomic E-state index is 12.8. The molecule has 5 nitrogen and oxygen atoms in total. The van der Waals surface area contributed by atoms with Crippen LogP contribution in [0.25, 0.3) is 0 Å². The first-order valence-electron chi connectivity index (χ1n) is 11.2. The van der Waals surface area contributed by atoms with E-state index in [0.29, 0.717) is 25.3 Å². The highest BCUT2D eigenvalue weighted by molar-refractivity contribution is 5.99. The number of nitrogens with zero attached hydrogens (tertiary/aromatic N) is 1. The minimum atomic E-state index is 0.0536. The molecule has 0 bridgehead atoms. The zero-order chi connectivity index (χ0) is 22.4. The quantitative estimate of drug-likeness (QED) is 0.610. The van der Waals surface area contributed by atoms with E-state index in [-0.39, 0.29) is 23.8 Å². The van der Waals surface area contributed by atoms with Crippen molar-refractivity contribution < 1.29 is 9.59 Å². The van der Waals surface area contributed by atoms with Gasteiger partial charge < -0.3 is 15.5 Å². The van der Waals surface area contributed by atoms with Crippen LogP contribution in [0.15, 0.2) is 48.5 Å². The molecule has 2 atom stereocenters. The van der Waals surface area contributed by atoms with Crippen LogP contribution in [0.3, 0.4) is 0 Å². The number of carbonyl (C=O) groups excluding carboxylic acids is 2. The molecular weight excluding hydrogens is 386 g/mol. The molecule has 0 fully saturated rings. The third-order valence-electron chi connectivity index (χ3n) is 5.99. The topological polar surface area (TPSA) is 61.4 Å². The summed E-state index contributed by atoms with van der Waals surface area (Å²) in [7, 11) is 4.08. The van der Waals surface area contributed by atoms with E-state index in [1.165, 1.54) is 11.1 Å². The van der Waals surface area contributed by atoms with Crippen LogP contribution in [0.5, 0.6) is 0 Å². The van der Waals surface area contributed by atoms with E-state index in [4.69, 9.17) is 0 Å². The van der Waals surface area contributed by atoms with Crippen LogP contribution in [0.2, 0.25) is 0 Å². The van der Waals surface area contributed by atoms with E-state index in [1.807, 2.05) is 38.4 Å². The Morgan fingerprint density at radius 2 is 1.87 bits per heavy atom. The fourth-order valence-corrected chi connectivity index (χ4v) is 4.28. The first-order valence-corrected chi connectivity index (χ1v) is 11.2. The van der Waals surface area contributed by atoms with Crippen LogP contribution < -0.4 is 10.6 Å². The Balaban J connectivity index is 1.58. The van der Waals surface area contributed by atoms with Crippen molar-refractivity contribution in [2.24, 2.45) is 5.92 Å². The number of benzene rings is 2. The van der Waals surface area contributed by atoms with Gasteiger partial charge in [0.2, 0.25) is 11.8 Å². The molecule has 1 aliphatic heterocycles. The Bertz CT molecular complexity index is 893. The number of hydrogen-bond donors (Lipinski definition) is 2. The highest BCUT2D eigenvalue weighted by Crippen LogP contribution is 2.27. The summed E-state index contributed by atoms with van der Waals surface area (Å²) >= 11 is 0. The van der Waals surface area contributed by atoms with Crippen molar-refractivity contribution in [2.75, 3.05) is 26.0 Å². The Hall–Kier alpha value is -2.66. The van der Waals surface area contributed by atoms with Crippen molar-refractivity contribution in [3.8, 4) is 0 Å². The van der Waals surface area contributed by atoms with E-state index in [9.17, 15) is 9.59 Å².